The van der Waals surface area contributed by atoms with Gasteiger partial charge in [-0.1, -0.05) is 17.7 Å². The van der Waals surface area contributed by atoms with Gasteiger partial charge in [0.1, 0.15) is 5.82 Å². The monoisotopic (exact) mass is 346 g/mol. The molecule has 2 aromatic rings. The zero-order chi connectivity index (χ0) is 17.1. The first-order chi connectivity index (χ1) is 11.5. The van der Waals surface area contributed by atoms with Crippen molar-refractivity contribution in [3.63, 3.8) is 0 Å². The van der Waals surface area contributed by atoms with Crippen molar-refractivity contribution in [3.8, 4) is 0 Å². The second-order valence-electron chi connectivity index (χ2n) is 5.93. The van der Waals surface area contributed by atoms with Crippen LogP contribution >= 0.6 is 11.6 Å². The molecule has 3 rings (SSSR count). The van der Waals surface area contributed by atoms with Gasteiger partial charge < -0.3 is 15.3 Å². The van der Waals surface area contributed by atoms with Crippen LogP contribution in [0.3, 0.4) is 0 Å². The summed E-state index contributed by atoms with van der Waals surface area (Å²) >= 11 is 6.00. The Morgan fingerprint density at radius 2 is 2.04 bits per heavy atom. The van der Waals surface area contributed by atoms with Gasteiger partial charge in [-0.25, -0.2) is 4.98 Å². The Morgan fingerprint density at radius 1 is 1.29 bits per heavy atom. The summed E-state index contributed by atoms with van der Waals surface area (Å²) in [7, 11) is 0. The first-order valence-corrected chi connectivity index (χ1v) is 8.25. The Morgan fingerprint density at radius 3 is 2.71 bits per heavy atom. The van der Waals surface area contributed by atoms with Gasteiger partial charge in [0.05, 0.1) is 5.92 Å². The summed E-state index contributed by atoms with van der Waals surface area (Å²) in [6.45, 7) is 3.28. The second-order valence-corrected chi connectivity index (χ2v) is 6.36. The highest BCUT2D eigenvalue weighted by atomic mass is 35.5. The van der Waals surface area contributed by atoms with Crippen LogP contribution in [0.1, 0.15) is 18.5 Å². The maximum atomic E-state index is 11.1. The minimum Gasteiger partial charge on any atom is -0.481 e. The van der Waals surface area contributed by atoms with Gasteiger partial charge in [-0.05, 0) is 38.0 Å². The second kappa shape index (κ2) is 7.05. The van der Waals surface area contributed by atoms with E-state index in [0.717, 1.165) is 17.2 Å². The van der Waals surface area contributed by atoms with Gasteiger partial charge >= 0.3 is 5.97 Å². The van der Waals surface area contributed by atoms with Crippen molar-refractivity contribution in [1.29, 1.82) is 0 Å². The van der Waals surface area contributed by atoms with E-state index >= 15 is 0 Å². The van der Waals surface area contributed by atoms with E-state index in [1.165, 1.54) is 0 Å². The average Bonchev–Trinajstić information content (AvgIpc) is 2.54. The zero-order valence-electron chi connectivity index (χ0n) is 13.4. The van der Waals surface area contributed by atoms with Crippen molar-refractivity contribution in [2.45, 2.75) is 19.8 Å². The molecule has 0 unspecified atom stereocenters. The van der Waals surface area contributed by atoms with Gasteiger partial charge in [-0.3, -0.25) is 4.79 Å². The number of aromatic nitrogens is 2. The lowest BCUT2D eigenvalue weighted by molar-refractivity contribution is -0.142. The molecule has 0 amide bonds. The maximum Gasteiger partial charge on any atom is 0.306 e. The van der Waals surface area contributed by atoms with E-state index in [4.69, 9.17) is 16.7 Å². The SMILES string of the molecule is Cc1cc(N2CCC(C(=O)O)CC2)nc(Nc2cccc(Cl)c2)n1. The number of hydrogen-bond acceptors (Lipinski definition) is 5. The molecule has 0 aliphatic carbocycles. The number of aryl methyl sites for hydroxylation is 1. The van der Waals surface area contributed by atoms with Crippen molar-refractivity contribution in [2.75, 3.05) is 23.3 Å². The number of aliphatic carboxylic acids is 1. The van der Waals surface area contributed by atoms with Crippen LogP contribution in [0.15, 0.2) is 30.3 Å². The number of hydrogen-bond donors (Lipinski definition) is 2. The van der Waals surface area contributed by atoms with Crippen LogP contribution < -0.4 is 10.2 Å². The zero-order valence-corrected chi connectivity index (χ0v) is 14.1. The lowest BCUT2D eigenvalue weighted by Crippen LogP contribution is -2.36. The Balaban J connectivity index is 1.76. The van der Waals surface area contributed by atoms with E-state index in [1.54, 1.807) is 0 Å². The van der Waals surface area contributed by atoms with E-state index in [9.17, 15) is 4.79 Å². The highest BCUT2D eigenvalue weighted by Crippen LogP contribution is 2.24. The van der Waals surface area contributed by atoms with Gasteiger partial charge in [-0.15, -0.1) is 0 Å². The van der Waals surface area contributed by atoms with Gasteiger partial charge in [0.15, 0.2) is 0 Å². The number of halogens is 1. The lowest BCUT2D eigenvalue weighted by Gasteiger charge is -2.31. The molecule has 0 atom stereocenters. The summed E-state index contributed by atoms with van der Waals surface area (Å²) in [6.07, 6.45) is 1.27. The minimum atomic E-state index is -0.711. The molecule has 24 heavy (non-hydrogen) atoms. The van der Waals surface area contributed by atoms with Gasteiger partial charge in [-0.2, -0.15) is 4.98 Å². The lowest BCUT2D eigenvalue weighted by atomic mass is 9.97. The number of carbonyl (C=O) groups is 1. The Bertz CT molecular complexity index is 745. The molecule has 2 N–H and O–H groups in total. The number of carboxylic acids is 1. The number of anilines is 3. The standard InChI is InChI=1S/C17H19ClN4O2/c1-11-9-15(22-7-5-12(6-8-22)16(23)24)21-17(19-11)20-14-4-2-3-13(18)10-14/h2-4,9-10,12H,5-8H2,1H3,(H,23,24)(H,19,20,21). The van der Waals surface area contributed by atoms with Crippen molar-refractivity contribution in [1.82, 2.24) is 9.97 Å². The Hall–Kier alpha value is -2.34. The van der Waals surface area contributed by atoms with Gasteiger partial charge in [0, 0.05) is 35.6 Å². The third-order valence-electron chi connectivity index (χ3n) is 4.09. The molecule has 1 fully saturated rings. The molecule has 0 radical (unpaired) electrons. The topological polar surface area (TPSA) is 78.4 Å². The van der Waals surface area contributed by atoms with E-state index in [2.05, 4.69) is 20.2 Å². The minimum absolute atomic E-state index is 0.256. The first kappa shape index (κ1) is 16.5. The molecule has 0 bridgehead atoms. The quantitative estimate of drug-likeness (QED) is 0.882. The molecular weight excluding hydrogens is 328 g/mol. The van der Waals surface area contributed by atoms with Crippen molar-refractivity contribution < 1.29 is 9.90 Å². The van der Waals surface area contributed by atoms with Gasteiger partial charge in [0.25, 0.3) is 0 Å². The molecule has 1 aliphatic rings. The number of nitrogens with one attached hydrogen (secondary N) is 1. The normalized spacial score (nSPS) is 15.3. The number of nitrogens with zero attached hydrogens (tertiary/aromatic N) is 3. The third-order valence-corrected chi connectivity index (χ3v) is 4.32. The Kier molecular flexibility index (Phi) is 4.85. The van der Waals surface area contributed by atoms with Crippen molar-refractivity contribution >= 4 is 35.0 Å². The highest BCUT2D eigenvalue weighted by Gasteiger charge is 2.25. The van der Waals surface area contributed by atoms with E-state index in [1.807, 2.05) is 37.3 Å². The van der Waals surface area contributed by atoms with Crippen LogP contribution in [0.2, 0.25) is 5.02 Å². The van der Waals surface area contributed by atoms with E-state index < -0.39 is 5.97 Å². The number of carboxylic acid groups (broad SMARTS) is 1. The predicted octanol–water partition coefficient (Wildman–Crippen LogP) is 3.48. The molecule has 1 aromatic carbocycles. The molecule has 7 heteroatoms. The summed E-state index contributed by atoms with van der Waals surface area (Å²) in [5.74, 6) is 0.355. The largest absolute Gasteiger partial charge is 0.481 e. The fourth-order valence-corrected chi connectivity index (χ4v) is 3.01. The smallest absolute Gasteiger partial charge is 0.306 e. The third kappa shape index (κ3) is 3.94. The summed E-state index contributed by atoms with van der Waals surface area (Å²) in [5.41, 5.74) is 1.67. The molecule has 0 spiro atoms. The highest BCUT2D eigenvalue weighted by molar-refractivity contribution is 6.30. The fourth-order valence-electron chi connectivity index (χ4n) is 2.82. The molecular formula is C17H19ClN4O2. The van der Waals surface area contributed by atoms with Crippen LogP contribution in [0.25, 0.3) is 0 Å². The van der Waals surface area contributed by atoms with Gasteiger partial charge in [0.2, 0.25) is 5.95 Å². The summed E-state index contributed by atoms with van der Waals surface area (Å²) in [6, 6.07) is 9.30. The predicted molar refractivity (Wildman–Crippen MR) is 94.1 cm³/mol. The molecule has 1 saturated heterocycles. The van der Waals surface area contributed by atoms with Crippen molar-refractivity contribution in [2.24, 2.45) is 5.92 Å². The van der Waals surface area contributed by atoms with Crippen LogP contribution in [0, 0.1) is 12.8 Å². The molecule has 6 nitrogen and oxygen atoms in total. The molecule has 1 aromatic heterocycles. The van der Waals surface area contributed by atoms with Crippen LogP contribution in [0.5, 0.6) is 0 Å². The maximum absolute atomic E-state index is 11.1. The van der Waals surface area contributed by atoms with E-state index in [0.29, 0.717) is 36.9 Å². The fraction of sp³-hybridized carbons (Fsp3) is 0.353. The number of piperidine rings is 1. The average molecular weight is 347 g/mol. The van der Waals surface area contributed by atoms with Crippen LogP contribution in [-0.2, 0) is 4.79 Å². The molecule has 126 valence electrons. The number of rotatable bonds is 4. The first-order valence-electron chi connectivity index (χ1n) is 7.87. The van der Waals surface area contributed by atoms with E-state index in [-0.39, 0.29) is 5.92 Å². The van der Waals surface area contributed by atoms with Crippen molar-refractivity contribution in [3.05, 3.63) is 41.0 Å². The molecule has 1 aliphatic heterocycles. The van der Waals surface area contributed by atoms with Crippen LogP contribution in [0.4, 0.5) is 17.5 Å². The summed E-state index contributed by atoms with van der Waals surface area (Å²) in [5, 5.41) is 12.9. The summed E-state index contributed by atoms with van der Waals surface area (Å²) < 4.78 is 0. The van der Waals surface area contributed by atoms with Crippen LogP contribution in [-0.4, -0.2) is 34.1 Å². The molecule has 2 heterocycles. The summed E-state index contributed by atoms with van der Waals surface area (Å²) in [4.78, 5) is 22.2. The Labute approximate surface area is 145 Å². The number of benzene rings is 1. The molecule has 0 saturated carbocycles.